The molecule has 0 atom stereocenters. The van der Waals surface area contributed by atoms with Crippen LogP contribution in [0.4, 0.5) is 11.4 Å². The number of amidine groups is 1. The summed E-state index contributed by atoms with van der Waals surface area (Å²) in [5.41, 5.74) is 10.2. The molecule has 0 radical (unpaired) electrons. The number of rotatable bonds is 5. The monoisotopic (exact) mass is 393 g/mol. The largest absolute Gasteiger partial charge is 0.489 e. The number of fused-ring (bicyclic) bond motifs is 1. The van der Waals surface area contributed by atoms with Crippen LogP contribution >= 0.6 is 0 Å². The van der Waals surface area contributed by atoms with Crippen molar-refractivity contribution in [1.82, 2.24) is 9.55 Å². The predicted molar refractivity (Wildman–Crippen MR) is 117 cm³/mol. The Morgan fingerprint density at radius 2 is 1.97 bits per heavy atom. The van der Waals surface area contributed by atoms with Gasteiger partial charge in [0.2, 0.25) is 5.91 Å². The van der Waals surface area contributed by atoms with E-state index in [0.29, 0.717) is 22.8 Å². The van der Waals surface area contributed by atoms with Gasteiger partial charge in [-0.05, 0) is 64.4 Å². The molecular weight excluding hydrogens is 366 g/mol. The Hall–Kier alpha value is -3.35. The van der Waals surface area contributed by atoms with Gasteiger partial charge in [-0.15, -0.1) is 0 Å². The topological polar surface area (TPSA) is 94.5 Å². The van der Waals surface area contributed by atoms with Gasteiger partial charge in [0.25, 0.3) is 0 Å². The number of benzene rings is 2. The van der Waals surface area contributed by atoms with E-state index >= 15 is 0 Å². The molecule has 7 nitrogen and oxygen atoms in total. The summed E-state index contributed by atoms with van der Waals surface area (Å²) < 4.78 is 7.90. The summed E-state index contributed by atoms with van der Waals surface area (Å²) in [7, 11) is 1.99. The Bertz CT molecular complexity index is 1110. The van der Waals surface area contributed by atoms with Crippen LogP contribution in [-0.2, 0) is 7.05 Å². The molecule has 1 heterocycles. The highest BCUT2D eigenvalue weighted by atomic mass is 16.5. The van der Waals surface area contributed by atoms with Crippen molar-refractivity contribution < 1.29 is 9.53 Å². The summed E-state index contributed by atoms with van der Waals surface area (Å²) in [6.07, 6.45) is -0.0142. The number of ether oxygens (including phenoxy) is 1. The summed E-state index contributed by atoms with van der Waals surface area (Å²) in [6.45, 7) is 9.74. The molecule has 29 heavy (non-hydrogen) atoms. The SMILES string of the molecule is CC(=Nc1c(C)ccc2c1nc(C)n2C)Nc1cc(C(N)=O)ccc1OC(C)C. The van der Waals surface area contributed by atoms with Crippen LogP contribution in [0.1, 0.15) is 42.5 Å². The van der Waals surface area contributed by atoms with Crippen LogP contribution < -0.4 is 15.8 Å². The molecule has 0 saturated heterocycles. The minimum absolute atomic E-state index is 0.0142. The Morgan fingerprint density at radius 1 is 1.24 bits per heavy atom. The van der Waals surface area contributed by atoms with Gasteiger partial charge in [0.15, 0.2) is 0 Å². The van der Waals surface area contributed by atoms with Gasteiger partial charge >= 0.3 is 0 Å². The molecule has 0 fully saturated rings. The van der Waals surface area contributed by atoms with Crippen molar-refractivity contribution in [2.75, 3.05) is 5.32 Å². The number of nitrogens with zero attached hydrogens (tertiary/aromatic N) is 3. The maximum Gasteiger partial charge on any atom is 0.248 e. The Morgan fingerprint density at radius 3 is 2.62 bits per heavy atom. The molecule has 0 aliphatic heterocycles. The third kappa shape index (κ3) is 4.23. The lowest BCUT2D eigenvalue weighted by atomic mass is 10.1. The zero-order valence-electron chi connectivity index (χ0n) is 17.7. The number of carbonyl (C=O) groups is 1. The van der Waals surface area contributed by atoms with Gasteiger partial charge in [-0.1, -0.05) is 6.07 Å². The van der Waals surface area contributed by atoms with E-state index in [1.165, 1.54) is 0 Å². The lowest BCUT2D eigenvalue weighted by Crippen LogP contribution is -2.15. The molecule has 0 unspecified atom stereocenters. The number of aryl methyl sites for hydroxylation is 3. The molecule has 0 spiro atoms. The third-order valence-corrected chi connectivity index (χ3v) is 4.67. The second-order valence-corrected chi connectivity index (χ2v) is 7.38. The molecule has 1 amide bonds. The molecule has 0 bridgehead atoms. The number of anilines is 1. The van der Waals surface area contributed by atoms with Crippen molar-refractivity contribution >= 4 is 34.2 Å². The zero-order valence-corrected chi connectivity index (χ0v) is 17.7. The quantitative estimate of drug-likeness (QED) is 0.501. The molecule has 1 aromatic heterocycles. The standard InChI is InChI=1S/C22H27N5O2/c1-12(2)29-19-10-8-16(22(23)28)11-17(19)24-14(4)25-20-13(3)7-9-18-21(20)26-15(5)27(18)6/h7-12H,1-6H3,(H2,23,28)(H,24,25). The number of carbonyl (C=O) groups excluding carboxylic acids is 1. The third-order valence-electron chi connectivity index (χ3n) is 4.67. The first-order chi connectivity index (χ1) is 13.7. The van der Waals surface area contributed by atoms with E-state index in [1.54, 1.807) is 18.2 Å². The van der Waals surface area contributed by atoms with Gasteiger partial charge in [-0.25, -0.2) is 9.98 Å². The van der Waals surface area contributed by atoms with E-state index in [0.717, 1.165) is 28.1 Å². The number of aromatic nitrogens is 2. The molecule has 0 saturated carbocycles. The highest BCUT2D eigenvalue weighted by Crippen LogP contribution is 2.31. The lowest BCUT2D eigenvalue weighted by molar-refractivity contribution is 0.100. The van der Waals surface area contributed by atoms with Crippen LogP contribution in [0.15, 0.2) is 35.3 Å². The van der Waals surface area contributed by atoms with Crippen molar-refractivity contribution in [3.8, 4) is 5.75 Å². The van der Waals surface area contributed by atoms with Crippen molar-refractivity contribution in [1.29, 1.82) is 0 Å². The van der Waals surface area contributed by atoms with Crippen molar-refractivity contribution in [2.45, 2.75) is 40.7 Å². The first kappa shape index (κ1) is 20.4. The number of hydrogen-bond donors (Lipinski definition) is 2. The number of amides is 1. The number of aliphatic imine (C=N–C) groups is 1. The fraction of sp³-hybridized carbons (Fsp3) is 0.318. The van der Waals surface area contributed by atoms with E-state index < -0.39 is 5.91 Å². The van der Waals surface area contributed by atoms with E-state index in [2.05, 4.69) is 16.4 Å². The van der Waals surface area contributed by atoms with Crippen LogP contribution in [0.25, 0.3) is 11.0 Å². The fourth-order valence-electron chi connectivity index (χ4n) is 3.13. The van der Waals surface area contributed by atoms with Gasteiger partial charge in [-0.2, -0.15) is 0 Å². The van der Waals surface area contributed by atoms with Crippen molar-refractivity contribution in [3.05, 3.63) is 47.3 Å². The highest BCUT2D eigenvalue weighted by Gasteiger charge is 2.13. The summed E-state index contributed by atoms with van der Waals surface area (Å²) in [5.74, 6) is 1.71. The summed E-state index contributed by atoms with van der Waals surface area (Å²) in [5, 5.41) is 3.26. The lowest BCUT2D eigenvalue weighted by Gasteiger charge is -2.16. The van der Waals surface area contributed by atoms with Gasteiger partial charge in [0.1, 0.15) is 22.9 Å². The first-order valence-corrected chi connectivity index (χ1v) is 9.52. The van der Waals surface area contributed by atoms with E-state index in [9.17, 15) is 4.79 Å². The van der Waals surface area contributed by atoms with E-state index in [1.807, 2.05) is 52.3 Å². The van der Waals surface area contributed by atoms with Crippen LogP contribution in [0.5, 0.6) is 5.75 Å². The zero-order chi connectivity index (χ0) is 21.3. The van der Waals surface area contributed by atoms with Gasteiger partial charge < -0.3 is 20.4 Å². The average Bonchev–Trinajstić information content (AvgIpc) is 2.93. The molecule has 3 rings (SSSR count). The number of primary amides is 1. The van der Waals surface area contributed by atoms with Crippen LogP contribution in [0.2, 0.25) is 0 Å². The van der Waals surface area contributed by atoms with Crippen LogP contribution in [0, 0.1) is 13.8 Å². The molecule has 3 N–H and O–H groups in total. The predicted octanol–water partition coefficient (Wildman–Crippen LogP) is 4.24. The van der Waals surface area contributed by atoms with Crippen molar-refractivity contribution in [2.24, 2.45) is 17.8 Å². The molecule has 7 heteroatoms. The molecule has 2 aromatic carbocycles. The Kier molecular flexibility index (Phi) is 5.59. The number of imidazole rings is 1. The van der Waals surface area contributed by atoms with Crippen LogP contribution in [0.3, 0.4) is 0 Å². The van der Waals surface area contributed by atoms with Gasteiger partial charge in [0.05, 0.1) is 23.0 Å². The minimum atomic E-state index is -0.497. The smallest absolute Gasteiger partial charge is 0.248 e. The normalized spacial score (nSPS) is 11.9. The average molecular weight is 393 g/mol. The number of nitrogens with one attached hydrogen (secondary N) is 1. The Balaban J connectivity index is 2.03. The van der Waals surface area contributed by atoms with E-state index in [-0.39, 0.29) is 6.10 Å². The maximum atomic E-state index is 11.6. The molecule has 3 aromatic rings. The molecule has 0 aliphatic rings. The fourth-order valence-corrected chi connectivity index (χ4v) is 3.13. The van der Waals surface area contributed by atoms with Crippen molar-refractivity contribution in [3.63, 3.8) is 0 Å². The molecule has 0 aliphatic carbocycles. The first-order valence-electron chi connectivity index (χ1n) is 9.52. The number of nitrogens with two attached hydrogens (primary N) is 1. The van der Waals surface area contributed by atoms with Gasteiger partial charge in [-0.3, -0.25) is 4.79 Å². The van der Waals surface area contributed by atoms with E-state index in [4.69, 9.17) is 15.5 Å². The number of hydrogen-bond acceptors (Lipinski definition) is 4. The Labute approximate surface area is 170 Å². The maximum absolute atomic E-state index is 11.6. The second kappa shape index (κ2) is 7.95. The highest BCUT2D eigenvalue weighted by molar-refractivity contribution is 6.01. The summed E-state index contributed by atoms with van der Waals surface area (Å²) >= 11 is 0. The molecular formula is C22H27N5O2. The van der Waals surface area contributed by atoms with Gasteiger partial charge in [0, 0.05) is 12.6 Å². The van der Waals surface area contributed by atoms with Crippen LogP contribution in [-0.4, -0.2) is 27.4 Å². The second-order valence-electron chi connectivity index (χ2n) is 7.38. The molecule has 152 valence electrons. The summed E-state index contributed by atoms with van der Waals surface area (Å²) in [4.78, 5) is 21.1. The minimum Gasteiger partial charge on any atom is -0.489 e. The summed E-state index contributed by atoms with van der Waals surface area (Å²) in [6, 6.07) is 9.16.